The molecule has 0 atom stereocenters. The molecule has 3 rings (SSSR count). The molecule has 3 heteroatoms. The van der Waals surface area contributed by atoms with Crippen LogP contribution in [-0.4, -0.2) is 26.3 Å². The van der Waals surface area contributed by atoms with Crippen molar-refractivity contribution in [3.8, 4) is 11.5 Å². The Bertz CT molecular complexity index is 478. The van der Waals surface area contributed by atoms with Crippen LogP contribution in [0.15, 0.2) is 23.8 Å². The molecule has 1 fully saturated rings. The summed E-state index contributed by atoms with van der Waals surface area (Å²) in [5.74, 6) is 2.70. The molecule has 1 aliphatic heterocycles. The molecule has 0 bridgehead atoms. The highest BCUT2D eigenvalue weighted by molar-refractivity contribution is 5.64. The normalized spacial score (nSPS) is 17.4. The third-order valence-corrected chi connectivity index (χ3v) is 3.54. The maximum absolute atomic E-state index is 5.81. The SMILES string of the molecule is CCNCC1=Cc2cc(OCC3CC3)ccc2OC1. The second kappa shape index (κ2) is 5.66. The molecule has 0 radical (unpaired) electrons. The van der Waals surface area contributed by atoms with E-state index in [0.717, 1.165) is 42.7 Å². The minimum atomic E-state index is 0.683. The molecule has 1 aliphatic carbocycles. The lowest BCUT2D eigenvalue weighted by molar-refractivity contribution is 0.298. The van der Waals surface area contributed by atoms with Gasteiger partial charge in [0.05, 0.1) is 6.61 Å². The van der Waals surface area contributed by atoms with Gasteiger partial charge in [-0.3, -0.25) is 0 Å². The van der Waals surface area contributed by atoms with Crippen LogP contribution in [0.3, 0.4) is 0 Å². The van der Waals surface area contributed by atoms with Gasteiger partial charge >= 0.3 is 0 Å². The van der Waals surface area contributed by atoms with Crippen LogP contribution in [0.1, 0.15) is 25.3 Å². The van der Waals surface area contributed by atoms with Crippen molar-refractivity contribution in [3.05, 3.63) is 29.3 Å². The molecular formula is C16H21NO2. The van der Waals surface area contributed by atoms with E-state index in [1.54, 1.807) is 0 Å². The molecule has 1 N–H and O–H groups in total. The monoisotopic (exact) mass is 259 g/mol. The number of rotatable bonds is 6. The Morgan fingerprint density at radius 2 is 2.26 bits per heavy atom. The van der Waals surface area contributed by atoms with E-state index < -0.39 is 0 Å². The van der Waals surface area contributed by atoms with Crippen LogP contribution < -0.4 is 14.8 Å². The van der Waals surface area contributed by atoms with Gasteiger partial charge in [-0.25, -0.2) is 0 Å². The van der Waals surface area contributed by atoms with Crippen molar-refractivity contribution in [2.75, 3.05) is 26.3 Å². The van der Waals surface area contributed by atoms with Gasteiger partial charge < -0.3 is 14.8 Å². The van der Waals surface area contributed by atoms with Crippen LogP contribution >= 0.6 is 0 Å². The van der Waals surface area contributed by atoms with E-state index in [0.29, 0.717) is 6.61 Å². The van der Waals surface area contributed by atoms with Gasteiger partial charge in [0.2, 0.25) is 0 Å². The predicted octanol–water partition coefficient (Wildman–Crippen LogP) is 2.86. The second-order valence-electron chi connectivity index (χ2n) is 5.33. The minimum absolute atomic E-state index is 0.683. The van der Waals surface area contributed by atoms with Crippen LogP contribution in [0.2, 0.25) is 0 Å². The summed E-state index contributed by atoms with van der Waals surface area (Å²) in [5.41, 5.74) is 2.42. The van der Waals surface area contributed by atoms with Crippen molar-refractivity contribution >= 4 is 6.08 Å². The molecule has 3 nitrogen and oxygen atoms in total. The smallest absolute Gasteiger partial charge is 0.127 e. The fraction of sp³-hybridized carbons (Fsp3) is 0.500. The molecule has 0 aromatic heterocycles. The van der Waals surface area contributed by atoms with Crippen molar-refractivity contribution < 1.29 is 9.47 Å². The summed E-state index contributed by atoms with van der Waals surface area (Å²) in [4.78, 5) is 0. The zero-order valence-corrected chi connectivity index (χ0v) is 11.4. The maximum atomic E-state index is 5.81. The average molecular weight is 259 g/mol. The number of hydrogen-bond donors (Lipinski definition) is 1. The molecule has 1 aromatic rings. The molecule has 0 saturated heterocycles. The quantitative estimate of drug-likeness (QED) is 0.852. The maximum Gasteiger partial charge on any atom is 0.127 e. The third-order valence-electron chi connectivity index (χ3n) is 3.54. The van der Waals surface area contributed by atoms with Gasteiger partial charge in [-0.1, -0.05) is 6.92 Å². The third kappa shape index (κ3) is 3.29. The van der Waals surface area contributed by atoms with E-state index >= 15 is 0 Å². The van der Waals surface area contributed by atoms with Crippen LogP contribution in [-0.2, 0) is 0 Å². The van der Waals surface area contributed by atoms with Crippen LogP contribution in [0.25, 0.3) is 6.08 Å². The van der Waals surface area contributed by atoms with Gasteiger partial charge in [0.15, 0.2) is 0 Å². The van der Waals surface area contributed by atoms with E-state index in [1.807, 2.05) is 12.1 Å². The minimum Gasteiger partial charge on any atom is -0.493 e. The van der Waals surface area contributed by atoms with E-state index in [9.17, 15) is 0 Å². The molecule has 0 amide bonds. The molecule has 102 valence electrons. The lowest BCUT2D eigenvalue weighted by atomic mass is 10.1. The Morgan fingerprint density at radius 1 is 1.37 bits per heavy atom. The van der Waals surface area contributed by atoms with Gasteiger partial charge in [-0.15, -0.1) is 0 Å². The van der Waals surface area contributed by atoms with Gasteiger partial charge in [0.25, 0.3) is 0 Å². The zero-order valence-electron chi connectivity index (χ0n) is 11.4. The lowest BCUT2D eigenvalue weighted by Gasteiger charge is -2.19. The second-order valence-corrected chi connectivity index (χ2v) is 5.33. The number of ether oxygens (including phenoxy) is 2. The van der Waals surface area contributed by atoms with Crippen molar-refractivity contribution in [2.24, 2.45) is 5.92 Å². The first-order valence-electron chi connectivity index (χ1n) is 7.15. The van der Waals surface area contributed by atoms with Gasteiger partial charge in [0, 0.05) is 12.1 Å². The predicted molar refractivity (Wildman–Crippen MR) is 76.7 cm³/mol. The number of hydrogen-bond acceptors (Lipinski definition) is 3. The van der Waals surface area contributed by atoms with E-state index in [2.05, 4.69) is 24.4 Å². The largest absolute Gasteiger partial charge is 0.493 e. The Kier molecular flexibility index (Phi) is 3.74. The molecule has 1 saturated carbocycles. The standard InChI is InChI=1S/C16H21NO2/c1-2-17-9-13-7-14-8-15(18-10-12-3-4-12)5-6-16(14)19-11-13/h5-8,12,17H,2-4,9-11H2,1H3. The average Bonchev–Trinajstić information content (AvgIpc) is 3.26. The number of nitrogens with one attached hydrogen (secondary N) is 1. The van der Waals surface area contributed by atoms with Gasteiger partial charge in [0.1, 0.15) is 18.1 Å². The summed E-state index contributed by atoms with van der Waals surface area (Å²) in [7, 11) is 0. The van der Waals surface area contributed by atoms with Crippen molar-refractivity contribution in [1.82, 2.24) is 5.32 Å². The molecule has 0 unspecified atom stereocenters. The highest BCUT2D eigenvalue weighted by Crippen LogP contribution is 2.32. The Hall–Kier alpha value is -1.48. The summed E-state index contributed by atoms with van der Waals surface area (Å²) in [6.45, 7) is 5.52. The first kappa shape index (κ1) is 12.5. The summed E-state index contributed by atoms with van der Waals surface area (Å²) in [5, 5.41) is 3.33. The summed E-state index contributed by atoms with van der Waals surface area (Å²) >= 11 is 0. The summed E-state index contributed by atoms with van der Waals surface area (Å²) in [6, 6.07) is 6.10. The van der Waals surface area contributed by atoms with Crippen molar-refractivity contribution in [2.45, 2.75) is 19.8 Å². The topological polar surface area (TPSA) is 30.5 Å². The van der Waals surface area contributed by atoms with E-state index in [1.165, 1.54) is 18.4 Å². The molecule has 1 heterocycles. The van der Waals surface area contributed by atoms with Gasteiger partial charge in [-0.05, 0) is 55.2 Å². The highest BCUT2D eigenvalue weighted by atomic mass is 16.5. The number of likely N-dealkylation sites (N-methyl/N-ethyl adjacent to an activating group) is 1. The summed E-state index contributed by atoms with van der Waals surface area (Å²) in [6.07, 6.45) is 4.85. The van der Waals surface area contributed by atoms with Crippen molar-refractivity contribution in [3.63, 3.8) is 0 Å². The van der Waals surface area contributed by atoms with Crippen LogP contribution in [0, 0.1) is 5.92 Å². The molecular weight excluding hydrogens is 238 g/mol. The first-order valence-corrected chi connectivity index (χ1v) is 7.15. The van der Waals surface area contributed by atoms with E-state index in [-0.39, 0.29) is 0 Å². The zero-order chi connectivity index (χ0) is 13.1. The number of benzene rings is 1. The number of fused-ring (bicyclic) bond motifs is 1. The van der Waals surface area contributed by atoms with Gasteiger partial charge in [-0.2, -0.15) is 0 Å². The Labute approximate surface area is 114 Å². The molecule has 1 aromatic carbocycles. The summed E-state index contributed by atoms with van der Waals surface area (Å²) < 4.78 is 11.6. The van der Waals surface area contributed by atoms with E-state index in [4.69, 9.17) is 9.47 Å². The fourth-order valence-corrected chi connectivity index (χ4v) is 2.18. The van der Waals surface area contributed by atoms with Crippen LogP contribution in [0.4, 0.5) is 0 Å². The Balaban J connectivity index is 1.69. The van der Waals surface area contributed by atoms with Crippen LogP contribution in [0.5, 0.6) is 11.5 Å². The Morgan fingerprint density at radius 3 is 3.05 bits per heavy atom. The molecule has 2 aliphatic rings. The fourth-order valence-electron chi connectivity index (χ4n) is 2.18. The lowest BCUT2D eigenvalue weighted by Crippen LogP contribution is -2.21. The first-order chi connectivity index (χ1) is 9.35. The highest BCUT2D eigenvalue weighted by Gasteiger charge is 2.22. The molecule has 19 heavy (non-hydrogen) atoms. The van der Waals surface area contributed by atoms with Crippen molar-refractivity contribution in [1.29, 1.82) is 0 Å². The molecule has 0 spiro atoms.